The fourth-order valence-electron chi connectivity index (χ4n) is 4.96. The normalized spacial score (nSPS) is 13.9. The van der Waals surface area contributed by atoms with Gasteiger partial charge in [0.15, 0.2) is 0 Å². The summed E-state index contributed by atoms with van der Waals surface area (Å²) in [4.78, 5) is 32.5. The van der Waals surface area contributed by atoms with E-state index in [1.807, 2.05) is 52.7 Å². The molecule has 0 spiro atoms. The van der Waals surface area contributed by atoms with Crippen LogP contribution in [0.15, 0.2) is 84.2 Å². The van der Waals surface area contributed by atoms with Crippen molar-refractivity contribution in [1.29, 1.82) is 0 Å². The second kappa shape index (κ2) is 12.2. The second-order valence-electron chi connectivity index (χ2n) is 9.76. The molecule has 0 aliphatic carbocycles. The fraction of sp³-hybridized carbons (Fsp3) is 0.281. The summed E-state index contributed by atoms with van der Waals surface area (Å²) in [6, 6.07) is 26.5. The van der Waals surface area contributed by atoms with Crippen LogP contribution in [-0.4, -0.2) is 34.8 Å². The van der Waals surface area contributed by atoms with Crippen molar-refractivity contribution in [2.24, 2.45) is 0 Å². The maximum Gasteiger partial charge on any atom is 0.275 e. The van der Waals surface area contributed by atoms with E-state index in [1.165, 1.54) is 11.1 Å². The van der Waals surface area contributed by atoms with E-state index in [4.69, 9.17) is 4.98 Å². The first-order valence-corrected chi connectivity index (χ1v) is 14.3. The molecule has 1 saturated heterocycles. The van der Waals surface area contributed by atoms with Crippen LogP contribution in [0.4, 0.5) is 5.69 Å². The van der Waals surface area contributed by atoms with Crippen LogP contribution in [0.5, 0.6) is 0 Å². The number of thiazole rings is 1. The quantitative estimate of drug-likeness (QED) is 0.271. The van der Waals surface area contributed by atoms with Gasteiger partial charge < -0.3 is 10.2 Å². The monoisotopic (exact) mass is 523 g/mol. The van der Waals surface area contributed by atoms with Gasteiger partial charge in [-0.2, -0.15) is 0 Å². The van der Waals surface area contributed by atoms with Crippen LogP contribution in [0, 0.1) is 0 Å². The fourth-order valence-corrected chi connectivity index (χ4v) is 5.93. The summed E-state index contributed by atoms with van der Waals surface area (Å²) >= 11 is 1.54. The molecule has 0 radical (unpaired) electrons. The van der Waals surface area contributed by atoms with Crippen molar-refractivity contribution >= 4 is 28.8 Å². The number of piperidine rings is 1. The molecule has 4 aromatic rings. The van der Waals surface area contributed by atoms with Crippen LogP contribution in [0.1, 0.15) is 58.7 Å². The number of likely N-dealkylation sites (tertiary alicyclic amines) is 1. The SMILES string of the molecule is CCc1ccc(-c2ccccc2NC(=O)c2csc(C3CCN(C(=O)CCc4ccccc4)CC3)n2)cc1. The molecule has 1 fully saturated rings. The predicted molar refractivity (Wildman–Crippen MR) is 155 cm³/mol. The van der Waals surface area contributed by atoms with Crippen LogP contribution in [-0.2, 0) is 17.6 Å². The molecule has 2 amide bonds. The summed E-state index contributed by atoms with van der Waals surface area (Å²) in [7, 11) is 0. The third kappa shape index (κ3) is 6.20. The van der Waals surface area contributed by atoms with Crippen LogP contribution in [0.25, 0.3) is 11.1 Å². The lowest BCUT2D eigenvalue weighted by Gasteiger charge is -2.31. The molecule has 3 aromatic carbocycles. The number of carbonyl (C=O) groups is 2. The van der Waals surface area contributed by atoms with E-state index in [0.717, 1.165) is 60.6 Å². The molecule has 5 nitrogen and oxygen atoms in total. The average molecular weight is 524 g/mol. The smallest absolute Gasteiger partial charge is 0.275 e. The number of carbonyl (C=O) groups excluding carboxylic acids is 2. The van der Waals surface area contributed by atoms with Gasteiger partial charge in [-0.3, -0.25) is 9.59 Å². The molecule has 1 aliphatic rings. The first kappa shape index (κ1) is 25.9. The topological polar surface area (TPSA) is 62.3 Å². The number of nitrogens with zero attached hydrogens (tertiary/aromatic N) is 2. The van der Waals surface area contributed by atoms with Crippen LogP contribution < -0.4 is 5.32 Å². The van der Waals surface area contributed by atoms with Gasteiger partial charge in [-0.25, -0.2) is 4.98 Å². The van der Waals surface area contributed by atoms with Gasteiger partial charge in [0.05, 0.1) is 5.01 Å². The molecule has 1 aliphatic heterocycles. The van der Waals surface area contributed by atoms with E-state index in [2.05, 4.69) is 48.6 Å². The third-order valence-electron chi connectivity index (χ3n) is 7.27. The van der Waals surface area contributed by atoms with E-state index in [0.29, 0.717) is 12.1 Å². The number of anilines is 1. The first-order chi connectivity index (χ1) is 18.6. The highest BCUT2D eigenvalue weighted by Crippen LogP contribution is 2.32. The Morgan fingerprint density at radius 2 is 1.63 bits per heavy atom. The number of rotatable bonds is 8. The van der Waals surface area contributed by atoms with Crippen molar-refractivity contribution in [2.75, 3.05) is 18.4 Å². The summed E-state index contributed by atoms with van der Waals surface area (Å²) < 4.78 is 0. The Balaban J connectivity index is 1.17. The predicted octanol–water partition coefficient (Wildman–Crippen LogP) is 6.96. The van der Waals surface area contributed by atoms with Gasteiger partial charge in [-0.1, -0.05) is 79.7 Å². The zero-order chi connectivity index (χ0) is 26.3. The Kier molecular flexibility index (Phi) is 8.29. The number of amides is 2. The lowest BCUT2D eigenvalue weighted by Crippen LogP contribution is -2.38. The van der Waals surface area contributed by atoms with E-state index < -0.39 is 0 Å². The van der Waals surface area contributed by atoms with Crippen molar-refractivity contribution < 1.29 is 9.59 Å². The van der Waals surface area contributed by atoms with Crippen LogP contribution >= 0.6 is 11.3 Å². The zero-order valence-electron chi connectivity index (χ0n) is 21.7. The minimum atomic E-state index is -0.196. The molecule has 194 valence electrons. The largest absolute Gasteiger partial charge is 0.343 e. The maximum atomic E-state index is 13.1. The number of aryl methyl sites for hydroxylation is 2. The molecule has 1 N–H and O–H groups in total. The number of hydrogen-bond acceptors (Lipinski definition) is 4. The highest BCUT2D eigenvalue weighted by Gasteiger charge is 2.26. The first-order valence-electron chi connectivity index (χ1n) is 13.4. The van der Waals surface area contributed by atoms with Gasteiger partial charge in [0.25, 0.3) is 5.91 Å². The van der Waals surface area contributed by atoms with Gasteiger partial charge in [0.1, 0.15) is 5.69 Å². The number of benzene rings is 3. The molecule has 0 atom stereocenters. The van der Waals surface area contributed by atoms with E-state index in [9.17, 15) is 9.59 Å². The van der Waals surface area contributed by atoms with Gasteiger partial charge in [-0.15, -0.1) is 11.3 Å². The van der Waals surface area contributed by atoms with Gasteiger partial charge in [-0.05, 0) is 48.4 Å². The molecule has 2 heterocycles. The van der Waals surface area contributed by atoms with Crippen molar-refractivity contribution in [3.05, 3.63) is 106 Å². The summed E-state index contributed by atoms with van der Waals surface area (Å²) in [6.07, 6.45) is 4.07. The van der Waals surface area contributed by atoms with Gasteiger partial charge in [0.2, 0.25) is 5.91 Å². The Hall–Kier alpha value is -3.77. The lowest BCUT2D eigenvalue weighted by molar-refractivity contribution is -0.132. The second-order valence-corrected chi connectivity index (χ2v) is 10.7. The highest BCUT2D eigenvalue weighted by molar-refractivity contribution is 7.10. The van der Waals surface area contributed by atoms with Crippen molar-refractivity contribution in [2.45, 2.75) is 44.9 Å². The Morgan fingerprint density at radius 1 is 0.921 bits per heavy atom. The van der Waals surface area contributed by atoms with Gasteiger partial charge >= 0.3 is 0 Å². The average Bonchev–Trinajstić information content (AvgIpc) is 3.48. The summed E-state index contributed by atoms with van der Waals surface area (Å²) in [5, 5.41) is 5.90. The minimum absolute atomic E-state index is 0.196. The Morgan fingerprint density at radius 3 is 2.37 bits per heavy atom. The van der Waals surface area contributed by atoms with E-state index in [1.54, 1.807) is 11.3 Å². The Bertz CT molecular complexity index is 1370. The summed E-state index contributed by atoms with van der Waals surface area (Å²) in [5.74, 6) is 0.303. The van der Waals surface area contributed by atoms with E-state index in [-0.39, 0.29) is 17.7 Å². The molecular formula is C32H33N3O2S. The molecule has 38 heavy (non-hydrogen) atoms. The van der Waals surface area contributed by atoms with Crippen molar-refractivity contribution in [1.82, 2.24) is 9.88 Å². The van der Waals surface area contributed by atoms with E-state index >= 15 is 0 Å². The third-order valence-corrected chi connectivity index (χ3v) is 8.28. The number of hydrogen-bond donors (Lipinski definition) is 1. The lowest BCUT2D eigenvalue weighted by atomic mass is 9.97. The van der Waals surface area contributed by atoms with Crippen LogP contribution in [0.3, 0.4) is 0 Å². The number of aromatic nitrogens is 1. The highest BCUT2D eigenvalue weighted by atomic mass is 32.1. The van der Waals surface area contributed by atoms with Crippen molar-refractivity contribution in [3.8, 4) is 11.1 Å². The minimum Gasteiger partial charge on any atom is -0.343 e. The number of nitrogens with one attached hydrogen (secondary N) is 1. The molecule has 0 saturated carbocycles. The standard InChI is InChI=1S/C32H33N3O2S/c1-2-23-12-15-25(16-13-23)27-10-6-7-11-28(27)33-31(37)29-22-38-32(34-29)26-18-20-35(21-19-26)30(36)17-14-24-8-4-3-5-9-24/h3-13,15-16,22,26H,2,14,17-21H2,1H3,(H,33,37). The molecular weight excluding hydrogens is 490 g/mol. The van der Waals surface area contributed by atoms with Crippen molar-refractivity contribution in [3.63, 3.8) is 0 Å². The maximum absolute atomic E-state index is 13.1. The Labute approximate surface area is 228 Å². The molecule has 0 unspecified atom stereocenters. The zero-order valence-corrected chi connectivity index (χ0v) is 22.5. The van der Waals surface area contributed by atoms with Crippen LogP contribution in [0.2, 0.25) is 0 Å². The molecule has 5 rings (SSSR count). The van der Waals surface area contributed by atoms with Gasteiger partial charge in [0, 0.05) is 42.1 Å². The molecule has 6 heteroatoms. The summed E-state index contributed by atoms with van der Waals surface area (Å²) in [5.41, 5.74) is 5.76. The molecule has 0 bridgehead atoms. The molecule has 1 aromatic heterocycles. The summed E-state index contributed by atoms with van der Waals surface area (Å²) in [6.45, 7) is 3.62. The number of para-hydroxylation sites is 1.